The molecule has 0 bridgehead atoms. The van der Waals surface area contributed by atoms with Crippen LogP contribution in [0.1, 0.15) is 0 Å². The molecule has 1 saturated heterocycles. The number of carbonyl (C=O) groups excluding carboxylic acids is 1. The van der Waals surface area contributed by atoms with Gasteiger partial charge in [0.15, 0.2) is 16.4 Å². The number of sulfone groups is 1. The Morgan fingerprint density at radius 2 is 1.85 bits per heavy atom. The van der Waals surface area contributed by atoms with Gasteiger partial charge in [-0.3, -0.25) is 4.79 Å². The van der Waals surface area contributed by atoms with Crippen molar-refractivity contribution in [2.75, 3.05) is 49.2 Å². The van der Waals surface area contributed by atoms with Gasteiger partial charge in [0.2, 0.25) is 0 Å². The van der Waals surface area contributed by atoms with E-state index < -0.39 is 9.84 Å². The van der Waals surface area contributed by atoms with Gasteiger partial charge in [0.05, 0.1) is 41.8 Å². The first kappa shape index (κ1) is 19.7. The molecule has 1 aliphatic heterocycles. The van der Waals surface area contributed by atoms with Crippen LogP contribution in [0.15, 0.2) is 53.4 Å². The van der Waals surface area contributed by atoms with E-state index in [1.807, 2.05) is 24.3 Å². The highest BCUT2D eigenvalue weighted by Crippen LogP contribution is 2.24. The molecule has 6 nitrogen and oxygen atoms in total. The highest BCUT2D eigenvalue weighted by molar-refractivity contribution is 7.90. The summed E-state index contributed by atoms with van der Waals surface area (Å²) in [5.41, 5.74) is 1.53. The standard InChI is InChI=1S/C19H22ClN3O3S/c1-27(25,26)16-6-4-5-15(13-16)21-19(24)14-22-9-11-23(12-10-22)18-8-3-2-7-17(18)20/h2-8,13H,9-12,14H2,1H3,(H,21,24)/p+1. The van der Waals surface area contributed by atoms with E-state index in [0.29, 0.717) is 12.2 Å². The first-order chi connectivity index (χ1) is 12.8. The Hall–Kier alpha value is -2.09. The maximum absolute atomic E-state index is 12.3. The number of nitrogens with zero attached hydrogens (tertiary/aromatic N) is 1. The van der Waals surface area contributed by atoms with Crippen molar-refractivity contribution in [1.29, 1.82) is 0 Å². The summed E-state index contributed by atoms with van der Waals surface area (Å²) in [6.45, 7) is 3.68. The van der Waals surface area contributed by atoms with Gasteiger partial charge in [-0.25, -0.2) is 8.42 Å². The molecule has 1 heterocycles. The van der Waals surface area contributed by atoms with Crippen LogP contribution in [-0.4, -0.2) is 53.3 Å². The minimum Gasteiger partial charge on any atom is -0.359 e. The molecule has 0 spiro atoms. The van der Waals surface area contributed by atoms with Gasteiger partial charge in [-0.1, -0.05) is 29.8 Å². The van der Waals surface area contributed by atoms with E-state index >= 15 is 0 Å². The van der Waals surface area contributed by atoms with Crippen molar-refractivity contribution < 1.29 is 18.1 Å². The third-order valence-electron chi connectivity index (χ3n) is 4.62. The van der Waals surface area contributed by atoms with E-state index in [-0.39, 0.29) is 10.8 Å². The van der Waals surface area contributed by atoms with Gasteiger partial charge >= 0.3 is 0 Å². The van der Waals surface area contributed by atoms with Crippen molar-refractivity contribution in [3.05, 3.63) is 53.6 Å². The Morgan fingerprint density at radius 3 is 2.52 bits per heavy atom. The molecule has 27 heavy (non-hydrogen) atoms. The molecule has 8 heteroatoms. The topological polar surface area (TPSA) is 70.9 Å². The van der Waals surface area contributed by atoms with Crippen LogP contribution in [0.5, 0.6) is 0 Å². The number of piperazine rings is 1. The lowest BCUT2D eigenvalue weighted by Crippen LogP contribution is -3.15. The van der Waals surface area contributed by atoms with Gasteiger partial charge in [0, 0.05) is 11.9 Å². The fourth-order valence-electron chi connectivity index (χ4n) is 3.19. The van der Waals surface area contributed by atoms with Crippen molar-refractivity contribution in [3.63, 3.8) is 0 Å². The van der Waals surface area contributed by atoms with Crippen molar-refractivity contribution in [1.82, 2.24) is 0 Å². The lowest BCUT2D eigenvalue weighted by atomic mass is 10.2. The molecule has 3 rings (SSSR count). The average Bonchev–Trinajstić information content (AvgIpc) is 2.62. The summed E-state index contributed by atoms with van der Waals surface area (Å²) < 4.78 is 23.3. The molecule has 0 saturated carbocycles. The van der Waals surface area contributed by atoms with E-state index in [4.69, 9.17) is 11.6 Å². The number of rotatable bonds is 5. The Morgan fingerprint density at radius 1 is 1.15 bits per heavy atom. The first-order valence-corrected chi connectivity index (χ1v) is 11.0. The van der Waals surface area contributed by atoms with Crippen molar-refractivity contribution >= 4 is 38.7 Å². The Labute approximate surface area is 164 Å². The third kappa shape index (κ3) is 5.22. The smallest absolute Gasteiger partial charge is 0.279 e. The van der Waals surface area contributed by atoms with Crippen molar-refractivity contribution in [3.8, 4) is 0 Å². The summed E-state index contributed by atoms with van der Waals surface area (Å²) in [6.07, 6.45) is 1.15. The Kier molecular flexibility index (Phi) is 6.04. The number of benzene rings is 2. The summed E-state index contributed by atoms with van der Waals surface area (Å²) in [5, 5.41) is 3.54. The number of quaternary nitrogens is 1. The number of nitrogens with one attached hydrogen (secondary N) is 2. The summed E-state index contributed by atoms with van der Waals surface area (Å²) in [5.74, 6) is -0.123. The molecule has 2 aromatic carbocycles. The van der Waals surface area contributed by atoms with Gasteiger partial charge in [0.1, 0.15) is 0 Å². The number of anilines is 2. The molecular formula is C19H23ClN3O3S+. The molecule has 0 atom stereocenters. The van der Waals surface area contributed by atoms with Crippen LogP contribution in [0.4, 0.5) is 11.4 Å². The maximum atomic E-state index is 12.3. The molecule has 1 aliphatic rings. The third-order valence-corrected chi connectivity index (χ3v) is 6.05. The number of carbonyl (C=O) groups is 1. The monoisotopic (exact) mass is 408 g/mol. The zero-order valence-electron chi connectivity index (χ0n) is 15.1. The lowest BCUT2D eigenvalue weighted by molar-refractivity contribution is -0.892. The second-order valence-electron chi connectivity index (χ2n) is 6.71. The summed E-state index contributed by atoms with van der Waals surface area (Å²) in [6, 6.07) is 14.1. The van der Waals surface area contributed by atoms with Crippen molar-refractivity contribution in [2.45, 2.75) is 4.90 Å². The molecule has 0 aliphatic carbocycles. The second kappa shape index (κ2) is 8.29. The fourth-order valence-corrected chi connectivity index (χ4v) is 4.11. The van der Waals surface area contributed by atoms with Crippen LogP contribution in [0.2, 0.25) is 5.02 Å². The summed E-state index contributed by atoms with van der Waals surface area (Å²) >= 11 is 6.26. The van der Waals surface area contributed by atoms with E-state index in [1.165, 1.54) is 17.0 Å². The van der Waals surface area contributed by atoms with Gasteiger partial charge in [-0.05, 0) is 30.3 Å². The van der Waals surface area contributed by atoms with Gasteiger partial charge in [-0.15, -0.1) is 0 Å². The molecule has 0 radical (unpaired) electrons. The molecule has 2 N–H and O–H groups in total. The van der Waals surface area contributed by atoms with Crippen molar-refractivity contribution in [2.24, 2.45) is 0 Å². The highest BCUT2D eigenvalue weighted by atomic mass is 35.5. The molecule has 1 fully saturated rings. The number of hydrogen-bond acceptors (Lipinski definition) is 4. The highest BCUT2D eigenvalue weighted by Gasteiger charge is 2.23. The quantitative estimate of drug-likeness (QED) is 0.776. The van der Waals surface area contributed by atoms with Gasteiger partial charge in [0.25, 0.3) is 5.91 Å². The Bertz CT molecular complexity index is 925. The number of para-hydroxylation sites is 1. The second-order valence-corrected chi connectivity index (χ2v) is 9.14. The normalized spacial score (nSPS) is 15.6. The van der Waals surface area contributed by atoms with Crippen LogP contribution in [0.3, 0.4) is 0 Å². The van der Waals surface area contributed by atoms with E-state index in [0.717, 1.165) is 43.1 Å². The minimum absolute atomic E-state index is 0.123. The maximum Gasteiger partial charge on any atom is 0.279 e. The van der Waals surface area contributed by atoms with Crippen LogP contribution in [0, 0.1) is 0 Å². The molecule has 2 aromatic rings. The van der Waals surface area contributed by atoms with Crippen LogP contribution >= 0.6 is 11.6 Å². The average molecular weight is 409 g/mol. The zero-order valence-corrected chi connectivity index (χ0v) is 16.7. The zero-order chi connectivity index (χ0) is 19.4. The number of halogens is 1. The number of hydrogen-bond donors (Lipinski definition) is 2. The molecule has 0 unspecified atom stereocenters. The summed E-state index contributed by atoms with van der Waals surface area (Å²) in [4.78, 5) is 16.0. The predicted octanol–water partition coefficient (Wildman–Crippen LogP) is 1.09. The van der Waals surface area contributed by atoms with E-state index in [2.05, 4.69) is 10.2 Å². The fraction of sp³-hybridized carbons (Fsp3) is 0.316. The largest absolute Gasteiger partial charge is 0.359 e. The lowest BCUT2D eigenvalue weighted by Gasteiger charge is -2.33. The van der Waals surface area contributed by atoms with Crippen LogP contribution in [0.25, 0.3) is 0 Å². The first-order valence-electron chi connectivity index (χ1n) is 8.76. The van der Waals surface area contributed by atoms with Crippen LogP contribution in [-0.2, 0) is 14.6 Å². The molecule has 144 valence electrons. The van der Waals surface area contributed by atoms with E-state index in [9.17, 15) is 13.2 Å². The van der Waals surface area contributed by atoms with Crippen LogP contribution < -0.4 is 15.1 Å². The Balaban J connectivity index is 1.54. The summed E-state index contributed by atoms with van der Waals surface area (Å²) in [7, 11) is -3.30. The van der Waals surface area contributed by atoms with Gasteiger partial charge in [-0.2, -0.15) is 0 Å². The minimum atomic E-state index is -3.30. The van der Waals surface area contributed by atoms with Gasteiger partial charge < -0.3 is 15.1 Å². The molecule has 1 amide bonds. The predicted molar refractivity (Wildman–Crippen MR) is 107 cm³/mol. The SMILES string of the molecule is CS(=O)(=O)c1cccc(NC(=O)C[NH+]2CCN(c3ccccc3Cl)CC2)c1. The van der Waals surface area contributed by atoms with E-state index in [1.54, 1.807) is 12.1 Å². The molecule has 0 aromatic heterocycles. The molecular weight excluding hydrogens is 386 g/mol. The number of amides is 1.